The van der Waals surface area contributed by atoms with Crippen LogP contribution in [0, 0.1) is 17.0 Å². The van der Waals surface area contributed by atoms with Crippen LogP contribution in [-0.4, -0.2) is 16.7 Å². The van der Waals surface area contributed by atoms with Crippen molar-refractivity contribution in [1.29, 1.82) is 0 Å². The molecular weight excluding hydrogens is 310 g/mol. The Kier molecular flexibility index (Phi) is 5.26. The van der Waals surface area contributed by atoms with E-state index >= 15 is 0 Å². The number of nitro groups is 1. The molecular formula is C17H17N3O4. The van der Waals surface area contributed by atoms with Crippen LogP contribution in [0.15, 0.2) is 48.5 Å². The lowest BCUT2D eigenvalue weighted by atomic mass is 9.92. The summed E-state index contributed by atoms with van der Waals surface area (Å²) in [6, 6.07) is 13.1. The van der Waals surface area contributed by atoms with E-state index in [0.29, 0.717) is 5.69 Å². The van der Waals surface area contributed by atoms with Gasteiger partial charge in [-0.15, -0.1) is 0 Å². The Hall–Kier alpha value is -3.22. The summed E-state index contributed by atoms with van der Waals surface area (Å²) in [4.78, 5) is 34.6. The molecule has 2 aromatic rings. The number of rotatable bonds is 6. The summed E-state index contributed by atoms with van der Waals surface area (Å²) in [6.45, 7) is 1.75. The van der Waals surface area contributed by atoms with Gasteiger partial charge in [0.25, 0.3) is 5.69 Å². The number of carbonyl (C=O) groups excluding carboxylic acids is 2. The fourth-order valence-corrected chi connectivity index (χ4v) is 2.40. The first-order valence-electron chi connectivity index (χ1n) is 7.27. The first kappa shape index (κ1) is 17.1. The molecule has 7 heteroatoms. The maximum Gasteiger partial charge on any atom is 0.273 e. The Morgan fingerprint density at radius 3 is 2.46 bits per heavy atom. The van der Waals surface area contributed by atoms with Crippen molar-refractivity contribution in [1.82, 2.24) is 0 Å². The lowest BCUT2D eigenvalue weighted by Gasteiger charge is -2.14. The van der Waals surface area contributed by atoms with E-state index in [2.05, 4.69) is 5.32 Å². The monoisotopic (exact) mass is 327 g/mol. The summed E-state index contributed by atoms with van der Waals surface area (Å²) >= 11 is 0. The van der Waals surface area contributed by atoms with Gasteiger partial charge < -0.3 is 11.1 Å². The second-order valence-electron chi connectivity index (χ2n) is 5.39. The Bertz CT molecular complexity index is 775. The fraction of sp³-hybridized carbons (Fsp3) is 0.176. The molecule has 0 aromatic heterocycles. The number of aryl methyl sites for hydroxylation is 1. The molecule has 0 spiro atoms. The highest BCUT2D eigenvalue weighted by molar-refractivity contribution is 5.96. The van der Waals surface area contributed by atoms with Crippen LogP contribution >= 0.6 is 0 Å². The van der Waals surface area contributed by atoms with Gasteiger partial charge in [-0.2, -0.15) is 0 Å². The quantitative estimate of drug-likeness (QED) is 0.626. The smallest absolute Gasteiger partial charge is 0.273 e. The minimum Gasteiger partial charge on any atom is -0.369 e. The van der Waals surface area contributed by atoms with Gasteiger partial charge in [0.2, 0.25) is 11.8 Å². The van der Waals surface area contributed by atoms with E-state index in [-0.39, 0.29) is 17.7 Å². The van der Waals surface area contributed by atoms with Gasteiger partial charge in [-0.3, -0.25) is 19.7 Å². The summed E-state index contributed by atoms with van der Waals surface area (Å²) in [5.74, 6) is -2.30. The number of hydrogen-bond acceptors (Lipinski definition) is 4. The second-order valence-corrected chi connectivity index (χ2v) is 5.39. The van der Waals surface area contributed by atoms with Crippen LogP contribution in [0.2, 0.25) is 0 Å². The number of nitrogens with one attached hydrogen (secondary N) is 1. The zero-order valence-corrected chi connectivity index (χ0v) is 13.1. The number of carbonyl (C=O) groups is 2. The van der Waals surface area contributed by atoms with Gasteiger partial charge in [0.1, 0.15) is 0 Å². The Balaban J connectivity index is 2.27. The predicted molar refractivity (Wildman–Crippen MR) is 89.5 cm³/mol. The van der Waals surface area contributed by atoms with E-state index < -0.39 is 22.7 Å². The molecule has 0 aliphatic heterocycles. The fourth-order valence-electron chi connectivity index (χ4n) is 2.40. The molecule has 0 bridgehead atoms. The van der Waals surface area contributed by atoms with Crippen LogP contribution in [0.25, 0.3) is 0 Å². The molecule has 1 atom stereocenters. The van der Waals surface area contributed by atoms with Crippen molar-refractivity contribution in [2.24, 2.45) is 5.73 Å². The minimum atomic E-state index is -1.07. The number of nitrogens with zero attached hydrogens (tertiary/aromatic N) is 1. The molecule has 2 aromatic carbocycles. The third-order valence-electron chi connectivity index (χ3n) is 3.55. The van der Waals surface area contributed by atoms with Crippen LogP contribution in [0.1, 0.15) is 23.5 Å². The maximum atomic E-state index is 12.2. The van der Waals surface area contributed by atoms with Crippen molar-refractivity contribution in [3.63, 3.8) is 0 Å². The Morgan fingerprint density at radius 2 is 1.88 bits per heavy atom. The molecule has 0 heterocycles. The van der Waals surface area contributed by atoms with E-state index in [9.17, 15) is 19.7 Å². The highest BCUT2D eigenvalue weighted by Gasteiger charge is 2.28. The number of benzene rings is 2. The van der Waals surface area contributed by atoms with Crippen molar-refractivity contribution in [2.75, 3.05) is 5.32 Å². The first-order chi connectivity index (χ1) is 11.4. The van der Waals surface area contributed by atoms with Crippen molar-refractivity contribution in [3.8, 4) is 0 Å². The van der Waals surface area contributed by atoms with E-state index in [1.807, 2.05) is 0 Å². The van der Waals surface area contributed by atoms with E-state index in [1.54, 1.807) is 43.3 Å². The molecule has 0 radical (unpaired) electrons. The Morgan fingerprint density at radius 1 is 1.21 bits per heavy atom. The molecule has 0 saturated carbocycles. The topological polar surface area (TPSA) is 115 Å². The number of primary amides is 1. The maximum absolute atomic E-state index is 12.2. The number of anilines is 1. The molecule has 0 aliphatic rings. The molecule has 24 heavy (non-hydrogen) atoms. The van der Waals surface area contributed by atoms with Crippen LogP contribution in [0.3, 0.4) is 0 Å². The number of hydrogen-bond donors (Lipinski definition) is 2. The van der Waals surface area contributed by atoms with Gasteiger partial charge in [-0.25, -0.2) is 0 Å². The standard InChI is InChI=1S/C17H17N3O4/c1-11-7-8-15(20(23)24)13(9-11)14(17(18)22)10-16(21)19-12-5-3-2-4-6-12/h2-9,14H,10H2,1H3,(H2,18,22)(H,19,21). The zero-order chi connectivity index (χ0) is 17.7. The second kappa shape index (κ2) is 7.36. The van der Waals surface area contributed by atoms with Crippen LogP contribution in [-0.2, 0) is 9.59 Å². The molecule has 1 unspecified atom stereocenters. The molecule has 3 N–H and O–H groups in total. The van der Waals surface area contributed by atoms with Gasteiger partial charge in [-0.1, -0.05) is 29.8 Å². The number of para-hydroxylation sites is 1. The molecule has 2 rings (SSSR count). The predicted octanol–water partition coefficient (Wildman–Crippen LogP) is 2.50. The Labute approximate surface area is 138 Å². The average molecular weight is 327 g/mol. The third kappa shape index (κ3) is 4.16. The third-order valence-corrected chi connectivity index (χ3v) is 3.55. The SMILES string of the molecule is Cc1ccc([N+](=O)[O-])c(C(CC(=O)Nc2ccccc2)C(N)=O)c1. The van der Waals surface area contributed by atoms with E-state index in [4.69, 9.17) is 5.73 Å². The van der Waals surface area contributed by atoms with Crippen LogP contribution < -0.4 is 11.1 Å². The van der Waals surface area contributed by atoms with Gasteiger partial charge in [0, 0.05) is 23.7 Å². The normalized spacial score (nSPS) is 11.5. The van der Waals surface area contributed by atoms with Crippen LogP contribution in [0.5, 0.6) is 0 Å². The zero-order valence-electron chi connectivity index (χ0n) is 13.1. The summed E-state index contributed by atoms with van der Waals surface area (Å²) in [6.07, 6.45) is -0.269. The van der Waals surface area contributed by atoms with Crippen molar-refractivity contribution in [3.05, 3.63) is 69.8 Å². The molecule has 2 amide bonds. The van der Waals surface area contributed by atoms with Gasteiger partial charge in [0.15, 0.2) is 0 Å². The minimum absolute atomic E-state index is 0.149. The first-order valence-corrected chi connectivity index (χ1v) is 7.27. The highest BCUT2D eigenvalue weighted by Crippen LogP contribution is 2.30. The largest absolute Gasteiger partial charge is 0.369 e. The van der Waals surface area contributed by atoms with Crippen molar-refractivity contribution in [2.45, 2.75) is 19.3 Å². The molecule has 0 aliphatic carbocycles. The number of nitrogens with two attached hydrogens (primary N) is 1. The van der Waals surface area contributed by atoms with Crippen molar-refractivity contribution < 1.29 is 14.5 Å². The summed E-state index contributed by atoms with van der Waals surface area (Å²) in [5.41, 5.74) is 6.63. The molecule has 124 valence electrons. The number of amides is 2. The molecule has 0 fully saturated rings. The molecule has 7 nitrogen and oxygen atoms in total. The average Bonchev–Trinajstić information content (AvgIpc) is 2.53. The summed E-state index contributed by atoms with van der Waals surface area (Å²) in [5, 5.41) is 13.8. The lowest BCUT2D eigenvalue weighted by molar-refractivity contribution is -0.385. The van der Waals surface area contributed by atoms with E-state index in [0.717, 1.165) is 5.56 Å². The summed E-state index contributed by atoms with van der Waals surface area (Å²) < 4.78 is 0. The highest BCUT2D eigenvalue weighted by atomic mass is 16.6. The van der Waals surface area contributed by atoms with Crippen molar-refractivity contribution >= 4 is 23.2 Å². The van der Waals surface area contributed by atoms with Gasteiger partial charge in [-0.05, 0) is 25.1 Å². The number of nitro benzene ring substituents is 1. The summed E-state index contributed by atoms with van der Waals surface area (Å²) in [7, 11) is 0. The van der Waals surface area contributed by atoms with Gasteiger partial charge in [0.05, 0.1) is 10.8 Å². The van der Waals surface area contributed by atoms with Gasteiger partial charge >= 0.3 is 0 Å². The van der Waals surface area contributed by atoms with E-state index in [1.165, 1.54) is 12.1 Å². The van der Waals surface area contributed by atoms with Crippen LogP contribution in [0.4, 0.5) is 11.4 Å². The molecule has 0 saturated heterocycles. The lowest BCUT2D eigenvalue weighted by Crippen LogP contribution is -2.27.